The molecule has 3 rings (SSSR count). The molecule has 1 N–H and O–H groups in total. The maximum absolute atomic E-state index is 11.5. The summed E-state index contributed by atoms with van der Waals surface area (Å²) in [4.78, 5) is 18.2. The van der Waals surface area contributed by atoms with E-state index in [4.69, 9.17) is 0 Å². The number of thioether (sulfide) groups is 1. The van der Waals surface area contributed by atoms with Crippen LogP contribution in [0.1, 0.15) is 36.7 Å². The number of aromatic amines is 1. The molecule has 7 heteroatoms. The highest BCUT2D eigenvalue weighted by molar-refractivity contribution is 8.04. The van der Waals surface area contributed by atoms with Crippen molar-refractivity contribution in [3.05, 3.63) is 40.1 Å². The number of aliphatic carboxylic acids is 1. The molecule has 6 nitrogen and oxygen atoms in total. The van der Waals surface area contributed by atoms with Crippen molar-refractivity contribution in [3.8, 4) is 0 Å². The van der Waals surface area contributed by atoms with Crippen molar-refractivity contribution < 1.29 is 9.90 Å². The number of carbonyl (C=O) groups is 1. The van der Waals surface area contributed by atoms with Crippen LogP contribution in [0, 0.1) is 6.92 Å². The Morgan fingerprint density at radius 2 is 2.16 bits per heavy atom. The molecule has 0 atom stereocenters. The van der Waals surface area contributed by atoms with E-state index in [-0.39, 0.29) is 4.91 Å². The van der Waals surface area contributed by atoms with E-state index in [1.807, 2.05) is 19.1 Å². The quantitative estimate of drug-likeness (QED) is 0.630. The molecule has 0 spiro atoms. The molecule has 0 saturated carbocycles. The van der Waals surface area contributed by atoms with Gasteiger partial charge in [-0.2, -0.15) is 0 Å². The SMILES string of the molecule is CCc1nc(S/C(=C/c2ccc(N3CCCC3)c(C)c2)C(=O)[O-])n[nH]1. The minimum absolute atomic E-state index is 0.0926. The molecule has 0 aliphatic carbocycles. The van der Waals surface area contributed by atoms with Gasteiger partial charge in [0, 0.05) is 30.1 Å². The first kappa shape index (κ1) is 17.5. The van der Waals surface area contributed by atoms with Gasteiger partial charge in [0.25, 0.3) is 0 Å². The fraction of sp³-hybridized carbons (Fsp3) is 0.389. The van der Waals surface area contributed by atoms with Crippen molar-refractivity contribution in [1.82, 2.24) is 15.2 Å². The van der Waals surface area contributed by atoms with Gasteiger partial charge in [-0.15, -0.1) is 5.10 Å². The van der Waals surface area contributed by atoms with Crippen molar-refractivity contribution in [3.63, 3.8) is 0 Å². The second kappa shape index (κ2) is 7.74. The normalized spacial score (nSPS) is 15.0. The second-order valence-corrected chi connectivity index (χ2v) is 7.07. The summed E-state index contributed by atoms with van der Waals surface area (Å²) in [5.41, 5.74) is 3.20. The average Bonchev–Trinajstić information content (AvgIpc) is 3.25. The zero-order valence-electron chi connectivity index (χ0n) is 14.4. The molecular formula is C18H21N4O2S-. The van der Waals surface area contributed by atoms with Crippen molar-refractivity contribution in [2.45, 2.75) is 38.3 Å². The number of anilines is 1. The topological polar surface area (TPSA) is 84.9 Å². The number of hydrogen-bond donors (Lipinski definition) is 1. The molecule has 1 aliphatic heterocycles. The number of nitrogens with one attached hydrogen (secondary N) is 1. The number of carboxylic acid groups (broad SMARTS) is 1. The van der Waals surface area contributed by atoms with E-state index in [2.05, 4.69) is 33.1 Å². The van der Waals surface area contributed by atoms with Gasteiger partial charge in [-0.05, 0) is 60.9 Å². The fourth-order valence-corrected chi connectivity index (χ4v) is 3.66. The summed E-state index contributed by atoms with van der Waals surface area (Å²) < 4.78 is 0. The highest BCUT2D eigenvalue weighted by Gasteiger charge is 2.14. The van der Waals surface area contributed by atoms with Gasteiger partial charge in [0.2, 0.25) is 5.16 Å². The molecule has 1 aromatic heterocycles. The monoisotopic (exact) mass is 357 g/mol. The minimum atomic E-state index is -1.23. The number of rotatable bonds is 6. The molecule has 1 aromatic carbocycles. The standard InChI is InChI=1S/C18H22N4O2S/c1-3-16-19-18(21-20-16)25-15(17(23)24)11-13-6-7-14(12(2)10-13)22-8-4-5-9-22/h6-7,10-11H,3-5,8-9H2,1-2H3,(H,23,24)(H,19,20,21)/p-1/b15-11+. The lowest BCUT2D eigenvalue weighted by Gasteiger charge is -2.20. The van der Waals surface area contributed by atoms with Gasteiger partial charge in [-0.1, -0.05) is 13.0 Å². The van der Waals surface area contributed by atoms with Crippen LogP contribution in [-0.2, 0) is 11.2 Å². The number of carboxylic acids is 1. The van der Waals surface area contributed by atoms with Gasteiger partial charge in [0.15, 0.2) is 0 Å². The number of carbonyl (C=O) groups excluding carboxylic acids is 1. The molecule has 1 saturated heterocycles. The van der Waals surface area contributed by atoms with Crippen molar-refractivity contribution in [2.75, 3.05) is 18.0 Å². The molecule has 0 amide bonds. The molecule has 1 fully saturated rings. The van der Waals surface area contributed by atoms with E-state index in [0.717, 1.165) is 48.2 Å². The number of aromatic nitrogens is 3. The van der Waals surface area contributed by atoms with Crippen molar-refractivity contribution in [1.29, 1.82) is 0 Å². The lowest BCUT2D eigenvalue weighted by Crippen LogP contribution is -2.23. The maximum atomic E-state index is 11.5. The summed E-state index contributed by atoms with van der Waals surface area (Å²) >= 11 is 0.998. The molecule has 25 heavy (non-hydrogen) atoms. The van der Waals surface area contributed by atoms with Gasteiger partial charge >= 0.3 is 0 Å². The minimum Gasteiger partial charge on any atom is -0.544 e. The summed E-state index contributed by atoms with van der Waals surface area (Å²) in [5, 5.41) is 18.7. The Hall–Kier alpha value is -2.28. The Morgan fingerprint density at radius 1 is 1.40 bits per heavy atom. The average molecular weight is 357 g/mol. The first-order valence-corrected chi connectivity index (χ1v) is 9.26. The number of benzene rings is 1. The summed E-state index contributed by atoms with van der Waals surface area (Å²) in [6, 6.07) is 6.01. The third-order valence-electron chi connectivity index (χ3n) is 4.21. The largest absolute Gasteiger partial charge is 0.544 e. The highest BCUT2D eigenvalue weighted by Crippen LogP contribution is 2.28. The molecule has 132 valence electrons. The predicted molar refractivity (Wildman–Crippen MR) is 97.2 cm³/mol. The first-order chi connectivity index (χ1) is 12.1. The van der Waals surface area contributed by atoms with E-state index in [1.54, 1.807) is 6.08 Å². The smallest absolute Gasteiger partial charge is 0.213 e. The van der Waals surface area contributed by atoms with Gasteiger partial charge in [0.05, 0.1) is 5.97 Å². The third-order valence-corrected chi connectivity index (χ3v) is 5.08. The van der Waals surface area contributed by atoms with Crippen LogP contribution in [0.2, 0.25) is 0 Å². The van der Waals surface area contributed by atoms with E-state index in [9.17, 15) is 9.90 Å². The Morgan fingerprint density at radius 3 is 2.76 bits per heavy atom. The van der Waals surface area contributed by atoms with Gasteiger partial charge in [-0.25, -0.2) is 4.98 Å². The van der Waals surface area contributed by atoms with E-state index in [1.165, 1.54) is 18.5 Å². The maximum Gasteiger partial charge on any atom is 0.213 e. The summed E-state index contributed by atoms with van der Waals surface area (Å²) in [6.45, 7) is 6.18. The molecule has 2 heterocycles. The van der Waals surface area contributed by atoms with Crippen molar-refractivity contribution >= 4 is 29.5 Å². The Bertz CT molecular complexity index is 794. The zero-order chi connectivity index (χ0) is 17.8. The fourth-order valence-electron chi connectivity index (χ4n) is 2.94. The van der Waals surface area contributed by atoms with Crippen LogP contribution in [0.25, 0.3) is 6.08 Å². The molecule has 0 radical (unpaired) electrons. The number of hydrogen-bond acceptors (Lipinski definition) is 6. The van der Waals surface area contributed by atoms with Crippen LogP contribution < -0.4 is 10.0 Å². The Balaban J connectivity index is 1.82. The summed E-state index contributed by atoms with van der Waals surface area (Å²) in [6.07, 6.45) is 4.78. The lowest BCUT2D eigenvalue weighted by molar-refractivity contribution is -0.297. The van der Waals surface area contributed by atoms with Crippen LogP contribution in [-0.4, -0.2) is 34.2 Å². The van der Waals surface area contributed by atoms with Crippen LogP contribution in [0.4, 0.5) is 5.69 Å². The van der Waals surface area contributed by atoms with Crippen LogP contribution in [0.5, 0.6) is 0 Å². The third kappa shape index (κ3) is 4.22. The van der Waals surface area contributed by atoms with Crippen molar-refractivity contribution in [2.24, 2.45) is 0 Å². The van der Waals surface area contributed by atoms with Crippen LogP contribution >= 0.6 is 11.8 Å². The Kier molecular flexibility index (Phi) is 5.43. The van der Waals surface area contributed by atoms with Gasteiger partial charge in [0.1, 0.15) is 5.82 Å². The summed E-state index contributed by atoms with van der Waals surface area (Å²) in [5.74, 6) is -0.500. The molecule has 2 aromatic rings. The predicted octanol–water partition coefficient (Wildman–Crippen LogP) is 2.16. The van der Waals surface area contributed by atoms with E-state index in [0.29, 0.717) is 5.16 Å². The van der Waals surface area contributed by atoms with E-state index >= 15 is 0 Å². The van der Waals surface area contributed by atoms with Crippen LogP contribution in [0.3, 0.4) is 0 Å². The molecule has 0 unspecified atom stereocenters. The van der Waals surface area contributed by atoms with Gasteiger partial charge in [-0.3, -0.25) is 5.10 Å². The van der Waals surface area contributed by atoms with Crippen LogP contribution in [0.15, 0.2) is 28.3 Å². The van der Waals surface area contributed by atoms with Gasteiger partial charge < -0.3 is 14.8 Å². The first-order valence-electron chi connectivity index (χ1n) is 8.44. The molecule has 0 bridgehead atoms. The summed E-state index contributed by atoms with van der Waals surface area (Å²) in [7, 11) is 0. The molecule has 1 aliphatic rings. The zero-order valence-corrected chi connectivity index (χ0v) is 15.2. The molecular weight excluding hydrogens is 336 g/mol. The number of nitrogens with zero attached hydrogens (tertiary/aromatic N) is 3. The number of aryl methyl sites for hydroxylation is 2. The number of H-pyrrole nitrogens is 1. The highest BCUT2D eigenvalue weighted by atomic mass is 32.2. The lowest BCUT2D eigenvalue weighted by atomic mass is 10.1. The Labute approximate surface area is 151 Å². The van der Waals surface area contributed by atoms with E-state index < -0.39 is 5.97 Å². The second-order valence-electron chi connectivity index (χ2n) is 6.06.